The topological polar surface area (TPSA) is 0 Å². The van der Waals surface area contributed by atoms with Gasteiger partial charge in [-0.05, 0) is 41.6 Å². The Labute approximate surface area is 87.5 Å². The quantitative estimate of drug-likeness (QED) is 0.645. The number of benzene rings is 1. The van der Waals surface area contributed by atoms with Gasteiger partial charge in [-0.25, -0.2) is 4.39 Å². The first-order valence-corrected chi connectivity index (χ1v) is 5.42. The molecule has 0 radical (unpaired) electrons. The smallest absolute Gasteiger partial charge is 0.155 e. The number of rotatable bonds is 0. The van der Waals surface area contributed by atoms with Crippen LogP contribution >= 0.6 is 33.9 Å². The van der Waals surface area contributed by atoms with Crippen molar-refractivity contribution in [2.24, 2.45) is 0 Å². The van der Waals surface area contributed by atoms with E-state index in [0.29, 0.717) is 0 Å². The Morgan fingerprint density at radius 3 is 2.92 bits per heavy atom. The molecule has 0 nitrogen and oxygen atoms in total. The van der Waals surface area contributed by atoms with E-state index in [1.807, 2.05) is 47.7 Å². The van der Waals surface area contributed by atoms with Crippen molar-refractivity contribution in [3.63, 3.8) is 0 Å². The number of hydrogen-bond acceptors (Lipinski definition) is 1. The highest BCUT2D eigenvalue weighted by atomic mass is 127. The standard InChI is InChI=1S/C9H6FIS/c1-5-2-3-7-6(4-5)8(10)9(11)12-7/h2-4H,1H3. The maximum absolute atomic E-state index is 13.3. The van der Waals surface area contributed by atoms with Gasteiger partial charge in [0.1, 0.15) is 2.88 Å². The molecule has 0 saturated carbocycles. The number of fused-ring (bicyclic) bond motifs is 1. The fraction of sp³-hybridized carbons (Fsp3) is 0.111. The van der Waals surface area contributed by atoms with E-state index < -0.39 is 0 Å². The third-order valence-corrected chi connectivity index (χ3v) is 3.81. The summed E-state index contributed by atoms with van der Waals surface area (Å²) in [4.78, 5) is 0. The maximum Gasteiger partial charge on any atom is 0.155 e. The molecule has 0 aliphatic rings. The molecular weight excluding hydrogens is 286 g/mol. The van der Waals surface area contributed by atoms with Gasteiger partial charge in [-0.2, -0.15) is 0 Å². The van der Waals surface area contributed by atoms with Crippen molar-refractivity contribution in [3.05, 3.63) is 32.5 Å². The number of halogens is 2. The zero-order valence-corrected chi connectivity index (χ0v) is 9.37. The van der Waals surface area contributed by atoms with Crippen LogP contribution in [-0.2, 0) is 0 Å². The Kier molecular flexibility index (Phi) is 2.08. The van der Waals surface area contributed by atoms with Crippen LogP contribution < -0.4 is 0 Å². The number of thiophene rings is 1. The Bertz CT molecular complexity index is 433. The molecule has 0 saturated heterocycles. The fourth-order valence-electron chi connectivity index (χ4n) is 1.15. The second kappa shape index (κ2) is 2.96. The minimum atomic E-state index is -0.0701. The van der Waals surface area contributed by atoms with Crippen molar-refractivity contribution in [1.29, 1.82) is 0 Å². The Hall–Kier alpha value is -0.160. The van der Waals surface area contributed by atoms with Crippen molar-refractivity contribution >= 4 is 44.0 Å². The molecule has 0 atom stereocenters. The van der Waals surface area contributed by atoms with Crippen LogP contribution in [-0.4, -0.2) is 0 Å². The van der Waals surface area contributed by atoms with Crippen molar-refractivity contribution in [2.45, 2.75) is 6.92 Å². The lowest BCUT2D eigenvalue weighted by molar-refractivity contribution is 0.638. The van der Waals surface area contributed by atoms with Crippen molar-refractivity contribution < 1.29 is 4.39 Å². The Balaban J connectivity index is 2.88. The van der Waals surface area contributed by atoms with Crippen LogP contribution in [0.3, 0.4) is 0 Å². The summed E-state index contributed by atoms with van der Waals surface area (Å²) in [7, 11) is 0. The van der Waals surface area contributed by atoms with Gasteiger partial charge in [0, 0.05) is 10.1 Å². The van der Waals surface area contributed by atoms with Crippen molar-refractivity contribution in [3.8, 4) is 0 Å². The third kappa shape index (κ3) is 1.25. The molecule has 62 valence electrons. The normalized spacial score (nSPS) is 10.9. The van der Waals surface area contributed by atoms with Gasteiger partial charge in [0.15, 0.2) is 5.82 Å². The van der Waals surface area contributed by atoms with Gasteiger partial charge in [0.05, 0.1) is 0 Å². The molecule has 2 aromatic rings. The molecule has 3 heteroatoms. The average Bonchev–Trinajstić information content (AvgIpc) is 2.31. The van der Waals surface area contributed by atoms with E-state index in [1.165, 1.54) is 11.3 Å². The lowest BCUT2D eigenvalue weighted by Gasteiger charge is -1.91. The van der Waals surface area contributed by atoms with E-state index in [2.05, 4.69) is 0 Å². The highest BCUT2D eigenvalue weighted by Gasteiger charge is 2.08. The summed E-state index contributed by atoms with van der Waals surface area (Å²) in [6.07, 6.45) is 0. The zero-order chi connectivity index (χ0) is 8.72. The van der Waals surface area contributed by atoms with Gasteiger partial charge in [-0.15, -0.1) is 11.3 Å². The van der Waals surface area contributed by atoms with E-state index in [-0.39, 0.29) is 5.82 Å². The summed E-state index contributed by atoms with van der Waals surface area (Å²) in [5.74, 6) is -0.0701. The molecule has 0 unspecified atom stereocenters. The van der Waals surface area contributed by atoms with Crippen LogP contribution in [0.25, 0.3) is 10.1 Å². The van der Waals surface area contributed by atoms with Crippen LogP contribution in [0.5, 0.6) is 0 Å². The van der Waals surface area contributed by atoms with Crippen molar-refractivity contribution in [2.75, 3.05) is 0 Å². The molecule has 12 heavy (non-hydrogen) atoms. The first-order chi connectivity index (χ1) is 5.68. The van der Waals surface area contributed by atoms with Crippen LogP contribution in [0.15, 0.2) is 18.2 Å². The molecule has 0 aliphatic carbocycles. The van der Waals surface area contributed by atoms with Gasteiger partial charge in [0.25, 0.3) is 0 Å². The second-order valence-electron chi connectivity index (χ2n) is 2.69. The predicted molar refractivity (Wildman–Crippen MR) is 59.2 cm³/mol. The SMILES string of the molecule is Cc1ccc2sc(I)c(F)c2c1. The summed E-state index contributed by atoms with van der Waals surface area (Å²) < 4.78 is 15.1. The first kappa shape index (κ1) is 8.44. The Morgan fingerprint density at radius 2 is 2.17 bits per heavy atom. The predicted octanol–water partition coefficient (Wildman–Crippen LogP) is 3.95. The van der Waals surface area contributed by atoms with Gasteiger partial charge in [0.2, 0.25) is 0 Å². The van der Waals surface area contributed by atoms with E-state index in [0.717, 1.165) is 18.5 Å². The highest BCUT2D eigenvalue weighted by molar-refractivity contribution is 14.1. The zero-order valence-electron chi connectivity index (χ0n) is 6.40. The first-order valence-electron chi connectivity index (χ1n) is 3.52. The molecule has 1 heterocycles. The minimum Gasteiger partial charge on any atom is -0.204 e. The molecule has 0 amide bonds. The molecular formula is C9H6FIS. The van der Waals surface area contributed by atoms with Crippen LogP contribution in [0.2, 0.25) is 0 Å². The number of aryl methyl sites for hydroxylation is 1. The lowest BCUT2D eigenvalue weighted by atomic mass is 10.2. The summed E-state index contributed by atoms with van der Waals surface area (Å²) >= 11 is 3.53. The Morgan fingerprint density at radius 1 is 1.42 bits per heavy atom. The third-order valence-electron chi connectivity index (χ3n) is 1.74. The van der Waals surface area contributed by atoms with E-state index in [9.17, 15) is 4.39 Å². The average molecular weight is 292 g/mol. The van der Waals surface area contributed by atoms with Gasteiger partial charge < -0.3 is 0 Å². The molecule has 0 fully saturated rings. The summed E-state index contributed by atoms with van der Waals surface area (Å²) in [5.41, 5.74) is 1.11. The summed E-state index contributed by atoms with van der Waals surface area (Å²) in [5, 5.41) is 0.754. The van der Waals surface area contributed by atoms with Crippen LogP contribution in [0, 0.1) is 15.6 Å². The number of hydrogen-bond donors (Lipinski definition) is 0. The molecule has 0 aliphatic heterocycles. The van der Waals surface area contributed by atoms with Crippen LogP contribution in [0.1, 0.15) is 5.56 Å². The van der Waals surface area contributed by atoms with Gasteiger partial charge >= 0.3 is 0 Å². The monoisotopic (exact) mass is 292 g/mol. The summed E-state index contributed by atoms with van der Waals surface area (Å²) in [6.45, 7) is 1.98. The molecule has 0 spiro atoms. The van der Waals surface area contributed by atoms with Crippen LogP contribution in [0.4, 0.5) is 4.39 Å². The van der Waals surface area contributed by atoms with E-state index in [1.54, 1.807) is 0 Å². The van der Waals surface area contributed by atoms with Crippen molar-refractivity contribution in [1.82, 2.24) is 0 Å². The van der Waals surface area contributed by atoms with E-state index in [4.69, 9.17) is 0 Å². The highest BCUT2D eigenvalue weighted by Crippen LogP contribution is 2.31. The lowest BCUT2D eigenvalue weighted by Crippen LogP contribution is -1.73. The van der Waals surface area contributed by atoms with Gasteiger partial charge in [-0.1, -0.05) is 11.6 Å². The molecule has 2 rings (SSSR count). The van der Waals surface area contributed by atoms with Gasteiger partial charge in [-0.3, -0.25) is 0 Å². The summed E-state index contributed by atoms with van der Waals surface area (Å²) in [6, 6.07) is 5.87. The maximum atomic E-state index is 13.3. The molecule has 1 aromatic heterocycles. The fourth-order valence-corrected chi connectivity index (χ4v) is 2.94. The van der Waals surface area contributed by atoms with E-state index >= 15 is 0 Å². The molecule has 0 N–H and O–H groups in total. The molecule has 0 bridgehead atoms. The largest absolute Gasteiger partial charge is 0.204 e. The minimum absolute atomic E-state index is 0.0701. The second-order valence-corrected chi connectivity index (χ2v) is 5.55. The molecule has 1 aromatic carbocycles.